The molecule has 0 N–H and O–H groups in total. The van der Waals surface area contributed by atoms with Crippen molar-refractivity contribution < 1.29 is 4.79 Å². The maximum absolute atomic E-state index is 11.9. The van der Waals surface area contributed by atoms with Crippen LogP contribution in [0.4, 0.5) is 0 Å². The zero-order valence-corrected chi connectivity index (χ0v) is 9.93. The number of carbonyl (C=O) groups is 1. The summed E-state index contributed by atoms with van der Waals surface area (Å²) in [6.07, 6.45) is 9.54. The monoisotopic (exact) mass is 226 g/mol. The summed E-state index contributed by atoms with van der Waals surface area (Å²) in [5.74, 6) is 1.13. The van der Waals surface area contributed by atoms with E-state index in [1.807, 2.05) is 0 Å². The molecule has 1 nitrogen and oxygen atoms in total. The number of rotatable bonds is 3. The number of hydrogen-bond acceptors (Lipinski definition) is 1. The van der Waals surface area contributed by atoms with E-state index in [0.29, 0.717) is 18.3 Å². The molecule has 0 saturated heterocycles. The lowest BCUT2D eigenvalue weighted by molar-refractivity contribution is -0.119. The van der Waals surface area contributed by atoms with Gasteiger partial charge < -0.3 is 0 Å². The van der Waals surface area contributed by atoms with E-state index in [9.17, 15) is 4.79 Å². The second-order valence-electron chi connectivity index (χ2n) is 4.89. The predicted octanol–water partition coefficient (Wildman–Crippen LogP) is 3.71. The summed E-state index contributed by atoms with van der Waals surface area (Å²) in [5, 5.41) is 0. The molecule has 15 heavy (non-hydrogen) atoms. The standard InChI is InChI=1S/C13H19ClO/c1-2-7-12(15)13(14)10-8-5-3-4-6-9-11(10)13/h2,10-11H,1,3-9H2/t10-,11+,13?. The number of halogens is 1. The summed E-state index contributed by atoms with van der Waals surface area (Å²) in [7, 11) is 0. The van der Waals surface area contributed by atoms with E-state index in [-0.39, 0.29) is 5.78 Å². The molecule has 0 radical (unpaired) electrons. The van der Waals surface area contributed by atoms with E-state index < -0.39 is 4.87 Å². The summed E-state index contributed by atoms with van der Waals surface area (Å²) in [4.78, 5) is 11.4. The largest absolute Gasteiger partial charge is 0.297 e. The first kappa shape index (κ1) is 11.2. The van der Waals surface area contributed by atoms with Crippen LogP contribution >= 0.6 is 11.6 Å². The number of allylic oxidation sites excluding steroid dienone is 1. The van der Waals surface area contributed by atoms with Crippen LogP contribution in [0, 0.1) is 11.8 Å². The van der Waals surface area contributed by atoms with Crippen molar-refractivity contribution in [3.63, 3.8) is 0 Å². The highest BCUT2D eigenvalue weighted by Gasteiger charge is 2.66. The van der Waals surface area contributed by atoms with Crippen molar-refractivity contribution >= 4 is 17.4 Å². The third-order valence-electron chi connectivity index (χ3n) is 3.99. The highest BCUT2D eigenvalue weighted by atomic mass is 35.5. The fraction of sp³-hybridized carbons (Fsp3) is 0.769. The van der Waals surface area contributed by atoms with Crippen LogP contribution in [-0.2, 0) is 4.79 Å². The first-order valence-electron chi connectivity index (χ1n) is 6.04. The summed E-state index contributed by atoms with van der Waals surface area (Å²) in [6.45, 7) is 3.62. The molecule has 2 aliphatic rings. The van der Waals surface area contributed by atoms with E-state index in [1.165, 1.54) is 25.7 Å². The minimum atomic E-state index is -0.501. The zero-order valence-electron chi connectivity index (χ0n) is 9.18. The molecule has 2 fully saturated rings. The molecule has 2 rings (SSSR count). The van der Waals surface area contributed by atoms with Gasteiger partial charge in [-0.15, -0.1) is 18.2 Å². The Bertz CT molecular complexity index is 258. The van der Waals surface area contributed by atoms with E-state index >= 15 is 0 Å². The van der Waals surface area contributed by atoms with Crippen molar-refractivity contribution in [2.24, 2.45) is 11.8 Å². The summed E-state index contributed by atoms with van der Waals surface area (Å²) < 4.78 is 0. The molecule has 0 aromatic heterocycles. The van der Waals surface area contributed by atoms with Gasteiger partial charge in [0, 0.05) is 6.42 Å². The molecule has 0 spiro atoms. The number of Topliss-reactive ketones (excluding diaryl/α,β-unsaturated/α-hetero) is 1. The average molecular weight is 227 g/mol. The first-order valence-corrected chi connectivity index (χ1v) is 6.42. The smallest absolute Gasteiger partial charge is 0.158 e. The van der Waals surface area contributed by atoms with Gasteiger partial charge in [-0.3, -0.25) is 4.79 Å². The van der Waals surface area contributed by atoms with Gasteiger partial charge in [0.05, 0.1) is 0 Å². The fourth-order valence-electron chi connectivity index (χ4n) is 3.11. The molecule has 1 unspecified atom stereocenters. The lowest BCUT2D eigenvalue weighted by atomic mass is 10.0. The SMILES string of the molecule is C=CCC(=O)C1(Cl)[C@@H]2CCCCCC[C@@H]21. The Morgan fingerprint density at radius 2 is 1.80 bits per heavy atom. The first-order chi connectivity index (χ1) is 7.21. The molecule has 0 aromatic carbocycles. The normalized spacial score (nSPS) is 39.8. The van der Waals surface area contributed by atoms with E-state index in [4.69, 9.17) is 11.6 Å². The Balaban J connectivity index is 2.03. The Labute approximate surface area is 96.9 Å². The van der Waals surface area contributed by atoms with Crippen LogP contribution in [-0.4, -0.2) is 10.7 Å². The predicted molar refractivity (Wildman–Crippen MR) is 63.1 cm³/mol. The third kappa shape index (κ3) is 1.87. The van der Waals surface area contributed by atoms with Crippen molar-refractivity contribution in [3.8, 4) is 0 Å². The Morgan fingerprint density at radius 3 is 2.27 bits per heavy atom. The summed E-state index contributed by atoms with van der Waals surface area (Å²) in [6, 6.07) is 0. The highest BCUT2D eigenvalue weighted by Crippen LogP contribution is 2.62. The maximum Gasteiger partial charge on any atom is 0.158 e. The van der Waals surface area contributed by atoms with E-state index in [0.717, 1.165) is 12.8 Å². The van der Waals surface area contributed by atoms with Gasteiger partial charge in [0.25, 0.3) is 0 Å². The molecule has 2 saturated carbocycles. The molecule has 3 atom stereocenters. The van der Waals surface area contributed by atoms with Gasteiger partial charge in [0.15, 0.2) is 5.78 Å². The van der Waals surface area contributed by atoms with Gasteiger partial charge in [-0.1, -0.05) is 31.8 Å². The average Bonchev–Trinajstić information content (AvgIpc) is 2.70. The molecule has 0 aliphatic heterocycles. The summed E-state index contributed by atoms with van der Waals surface area (Å²) >= 11 is 6.49. The molecular formula is C13H19ClO. The minimum Gasteiger partial charge on any atom is -0.297 e. The lowest BCUT2D eigenvalue weighted by Crippen LogP contribution is -2.19. The van der Waals surface area contributed by atoms with Crippen LogP contribution in [0.5, 0.6) is 0 Å². The van der Waals surface area contributed by atoms with Crippen LogP contribution in [0.25, 0.3) is 0 Å². The molecule has 2 aliphatic carbocycles. The zero-order chi connectivity index (χ0) is 10.9. The number of alkyl halides is 1. The number of ketones is 1. The maximum atomic E-state index is 11.9. The van der Waals surface area contributed by atoms with Crippen molar-refractivity contribution in [2.75, 3.05) is 0 Å². The minimum absolute atomic E-state index is 0.205. The van der Waals surface area contributed by atoms with Gasteiger partial charge in [-0.05, 0) is 24.7 Å². The molecule has 2 heteroatoms. The van der Waals surface area contributed by atoms with Crippen LogP contribution < -0.4 is 0 Å². The highest BCUT2D eigenvalue weighted by molar-refractivity contribution is 6.38. The number of hydrogen-bond donors (Lipinski definition) is 0. The van der Waals surface area contributed by atoms with Crippen molar-refractivity contribution in [3.05, 3.63) is 12.7 Å². The topological polar surface area (TPSA) is 17.1 Å². The van der Waals surface area contributed by atoms with Crippen molar-refractivity contribution in [1.82, 2.24) is 0 Å². The number of carbonyl (C=O) groups excluding carboxylic acids is 1. The molecule has 0 amide bonds. The lowest BCUT2D eigenvalue weighted by Gasteiger charge is -2.05. The molecule has 0 heterocycles. The van der Waals surface area contributed by atoms with Crippen LogP contribution in [0.15, 0.2) is 12.7 Å². The summed E-state index contributed by atoms with van der Waals surface area (Å²) in [5.41, 5.74) is 0. The van der Waals surface area contributed by atoms with Crippen molar-refractivity contribution in [2.45, 2.75) is 49.8 Å². The van der Waals surface area contributed by atoms with Crippen LogP contribution in [0.3, 0.4) is 0 Å². The second kappa shape index (κ2) is 4.29. The molecule has 84 valence electrons. The molecule has 0 bridgehead atoms. The van der Waals surface area contributed by atoms with E-state index in [2.05, 4.69) is 6.58 Å². The van der Waals surface area contributed by atoms with Gasteiger partial charge in [-0.25, -0.2) is 0 Å². The molecular weight excluding hydrogens is 208 g/mol. The Hall–Kier alpha value is -0.300. The number of fused-ring (bicyclic) bond motifs is 1. The van der Waals surface area contributed by atoms with Gasteiger partial charge in [0.1, 0.15) is 4.87 Å². The second-order valence-corrected chi connectivity index (χ2v) is 5.51. The van der Waals surface area contributed by atoms with Crippen LogP contribution in [0.2, 0.25) is 0 Å². The quantitative estimate of drug-likeness (QED) is 0.530. The van der Waals surface area contributed by atoms with Crippen LogP contribution in [0.1, 0.15) is 44.9 Å². The van der Waals surface area contributed by atoms with Gasteiger partial charge in [0.2, 0.25) is 0 Å². The molecule has 0 aromatic rings. The Kier molecular flexibility index (Phi) is 3.20. The van der Waals surface area contributed by atoms with Gasteiger partial charge in [-0.2, -0.15) is 0 Å². The Morgan fingerprint density at radius 1 is 1.27 bits per heavy atom. The van der Waals surface area contributed by atoms with E-state index in [1.54, 1.807) is 6.08 Å². The van der Waals surface area contributed by atoms with Crippen molar-refractivity contribution in [1.29, 1.82) is 0 Å². The fourth-order valence-corrected chi connectivity index (χ4v) is 3.64. The van der Waals surface area contributed by atoms with Gasteiger partial charge >= 0.3 is 0 Å². The third-order valence-corrected chi connectivity index (χ3v) is 4.76.